The molecule has 1 fully saturated rings. The van der Waals surface area contributed by atoms with Crippen LogP contribution in [0.15, 0.2) is 22.7 Å². The number of aliphatic hydroxyl groups is 1. The molecule has 0 bridgehead atoms. The molecule has 0 aromatic heterocycles. The molecule has 1 saturated heterocycles. The number of nitrogens with two attached hydrogens (primary N) is 1. The second kappa shape index (κ2) is 4.55. The minimum absolute atomic E-state index is 0.126. The van der Waals surface area contributed by atoms with Gasteiger partial charge in [-0.05, 0) is 24.1 Å². The van der Waals surface area contributed by atoms with E-state index in [4.69, 9.17) is 5.73 Å². The SMILES string of the molecule is CC(C)C1(O)CN(C(=O)c2cc(Br)ccc2N)C1. The van der Waals surface area contributed by atoms with Crippen LogP contribution in [0.1, 0.15) is 24.2 Å². The summed E-state index contributed by atoms with van der Waals surface area (Å²) in [5, 5.41) is 10.1. The number of benzene rings is 1. The quantitative estimate of drug-likeness (QED) is 0.819. The molecule has 98 valence electrons. The number of carbonyl (C=O) groups is 1. The van der Waals surface area contributed by atoms with E-state index in [0.29, 0.717) is 24.3 Å². The summed E-state index contributed by atoms with van der Waals surface area (Å²) in [7, 11) is 0. The highest BCUT2D eigenvalue weighted by atomic mass is 79.9. The number of anilines is 1. The number of β-amino-alcohol motifs (C(OH)–C–C–N with tert-alkyl or cyclic N) is 1. The minimum atomic E-state index is -0.754. The molecule has 2 rings (SSSR count). The van der Waals surface area contributed by atoms with Crippen LogP contribution in [-0.4, -0.2) is 34.6 Å². The van der Waals surface area contributed by atoms with Gasteiger partial charge in [0.1, 0.15) is 5.60 Å². The smallest absolute Gasteiger partial charge is 0.256 e. The summed E-state index contributed by atoms with van der Waals surface area (Å²) in [5.41, 5.74) is 5.99. The molecule has 0 saturated carbocycles. The molecule has 1 aliphatic rings. The van der Waals surface area contributed by atoms with Crippen LogP contribution < -0.4 is 5.73 Å². The second-order valence-corrected chi connectivity index (χ2v) is 6.07. The Bertz CT molecular complexity index is 482. The van der Waals surface area contributed by atoms with Crippen LogP contribution in [0.25, 0.3) is 0 Å². The zero-order chi connectivity index (χ0) is 13.5. The van der Waals surface area contributed by atoms with Crippen molar-refractivity contribution in [3.63, 3.8) is 0 Å². The number of hydrogen-bond donors (Lipinski definition) is 2. The van der Waals surface area contributed by atoms with Gasteiger partial charge in [-0.3, -0.25) is 4.79 Å². The van der Waals surface area contributed by atoms with Crippen molar-refractivity contribution in [3.05, 3.63) is 28.2 Å². The third kappa shape index (κ3) is 2.24. The highest BCUT2D eigenvalue weighted by Gasteiger charge is 2.46. The Morgan fingerprint density at radius 2 is 2.11 bits per heavy atom. The molecule has 5 heteroatoms. The Kier molecular flexibility index (Phi) is 3.38. The fourth-order valence-corrected chi connectivity index (χ4v) is 2.37. The number of rotatable bonds is 2. The number of carbonyl (C=O) groups excluding carboxylic acids is 1. The summed E-state index contributed by atoms with van der Waals surface area (Å²) in [6.07, 6.45) is 0. The summed E-state index contributed by atoms with van der Waals surface area (Å²) in [6, 6.07) is 5.21. The Morgan fingerprint density at radius 3 is 2.67 bits per heavy atom. The third-order valence-corrected chi connectivity index (χ3v) is 4.03. The van der Waals surface area contributed by atoms with Gasteiger partial charge in [0.25, 0.3) is 5.91 Å². The Labute approximate surface area is 115 Å². The van der Waals surface area contributed by atoms with Gasteiger partial charge in [-0.1, -0.05) is 29.8 Å². The lowest BCUT2D eigenvalue weighted by molar-refractivity contribution is -0.110. The fourth-order valence-electron chi connectivity index (χ4n) is 2.01. The predicted octanol–water partition coefficient (Wildman–Crippen LogP) is 1.87. The highest BCUT2D eigenvalue weighted by Crippen LogP contribution is 2.31. The van der Waals surface area contributed by atoms with Crippen molar-refractivity contribution >= 4 is 27.5 Å². The van der Waals surface area contributed by atoms with E-state index in [1.165, 1.54) is 0 Å². The second-order valence-electron chi connectivity index (χ2n) is 5.15. The van der Waals surface area contributed by atoms with Crippen LogP contribution >= 0.6 is 15.9 Å². The maximum absolute atomic E-state index is 12.2. The molecule has 0 spiro atoms. The summed E-state index contributed by atoms with van der Waals surface area (Å²) >= 11 is 3.32. The molecule has 4 nitrogen and oxygen atoms in total. The summed E-state index contributed by atoms with van der Waals surface area (Å²) < 4.78 is 0.819. The first-order valence-electron chi connectivity index (χ1n) is 5.90. The fraction of sp³-hybridized carbons (Fsp3) is 0.462. The molecule has 1 aromatic carbocycles. The monoisotopic (exact) mass is 312 g/mol. The van der Waals surface area contributed by atoms with Crippen LogP contribution in [0.3, 0.4) is 0 Å². The first-order chi connectivity index (χ1) is 8.33. The molecule has 3 N–H and O–H groups in total. The largest absolute Gasteiger partial charge is 0.398 e. The molecule has 0 aliphatic carbocycles. The molecule has 1 aromatic rings. The Hall–Kier alpha value is -1.07. The van der Waals surface area contributed by atoms with Gasteiger partial charge >= 0.3 is 0 Å². The van der Waals surface area contributed by atoms with Crippen molar-refractivity contribution in [1.29, 1.82) is 0 Å². The normalized spacial score (nSPS) is 17.7. The van der Waals surface area contributed by atoms with Crippen LogP contribution in [0, 0.1) is 5.92 Å². The zero-order valence-electron chi connectivity index (χ0n) is 10.5. The first kappa shape index (κ1) is 13.4. The van der Waals surface area contributed by atoms with Gasteiger partial charge in [0.05, 0.1) is 18.7 Å². The van der Waals surface area contributed by atoms with E-state index in [0.717, 1.165) is 4.47 Å². The van der Waals surface area contributed by atoms with Gasteiger partial charge < -0.3 is 15.7 Å². The van der Waals surface area contributed by atoms with E-state index >= 15 is 0 Å². The maximum Gasteiger partial charge on any atom is 0.256 e. The highest BCUT2D eigenvalue weighted by molar-refractivity contribution is 9.10. The van der Waals surface area contributed by atoms with Crippen molar-refractivity contribution < 1.29 is 9.90 Å². The van der Waals surface area contributed by atoms with Crippen molar-refractivity contribution in [2.24, 2.45) is 5.92 Å². The average Bonchev–Trinajstić information content (AvgIpc) is 2.27. The van der Waals surface area contributed by atoms with Gasteiger partial charge in [0.15, 0.2) is 0 Å². The zero-order valence-corrected chi connectivity index (χ0v) is 12.1. The Morgan fingerprint density at radius 1 is 1.50 bits per heavy atom. The number of amides is 1. The summed E-state index contributed by atoms with van der Waals surface area (Å²) in [4.78, 5) is 13.8. The van der Waals surface area contributed by atoms with Crippen molar-refractivity contribution in [2.45, 2.75) is 19.4 Å². The van der Waals surface area contributed by atoms with Gasteiger partial charge in [-0.15, -0.1) is 0 Å². The van der Waals surface area contributed by atoms with Crippen LogP contribution in [0.2, 0.25) is 0 Å². The third-order valence-electron chi connectivity index (χ3n) is 3.54. The number of nitrogens with zero attached hydrogens (tertiary/aromatic N) is 1. The molecule has 1 heterocycles. The van der Waals surface area contributed by atoms with Crippen molar-refractivity contribution in [1.82, 2.24) is 4.90 Å². The number of halogens is 1. The molecule has 0 atom stereocenters. The van der Waals surface area contributed by atoms with Gasteiger partial charge in [0, 0.05) is 10.2 Å². The summed E-state index contributed by atoms with van der Waals surface area (Å²) in [5.74, 6) is 0.0144. The van der Waals surface area contributed by atoms with Crippen LogP contribution in [0.4, 0.5) is 5.69 Å². The van der Waals surface area contributed by atoms with Gasteiger partial charge in [-0.2, -0.15) is 0 Å². The van der Waals surface area contributed by atoms with E-state index in [1.807, 2.05) is 13.8 Å². The van der Waals surface area contributed by atoms with E-state index in [-0.39, 0.29) is 11.8 Å². The first-order valence-corrected chi connectivity index (χ1v) is 6.69. The molecule has 0 unspecified atom stereocenters. The van der Waals surface area contributed by atoms with E-state index in [1.54, 1.807) is 23.1 Å². The molecule has 1 aliphatic heterocycles. The van der Waals surface area contributed by atoms with Crippen molar-refractivity contribution in [2.75, 3.05) is 18.8 Å². The van der Waals surface area contributed by atoms with Crippen LogP contribution in [0.5, 0.6) is 0 Å². The standard InChI is InChI=1S/C13H17BrN2O2/c1-8(2)13(18)6-16(7-13)12(17)10-5-9(14)3-4-11(10)15/h3-5,8,18H,6-7,15H2,1-2H3. The minimum Gasteiger partial charge on any atom is -0.398 e. The lowest BCUT2D eigenvalue weighted by Gasteiger charge is -2.49. The van der Waals surface area contributed by atoms with Crippen LogP contribution in [-0.2, 0) is 0 Å². The van der Waals surface area contributed by atoms with E-state index in [9.17, 15) is 9.90 Å². The summed E-state index contributed by atoms with van der Waals surface area (Å²) in [6.45, 7) is 4.65. The maximum atomic E-state index is 12.2. The van der Waals surface area contributed by atoms with E-state index in [2.05, 4.69) is 15.9 Å². The number of hydrogen-bond acceptors (Lipinski definition) is 3. The van der Waals surface area contributed by atoms with Gasteiger partial charge in [-0.25, -0.2) is 0 Å². The molecular weight excluding hydrogens is 296 g/mol. The topological polar surface area (TPSA) is 66.6 Å². The van der Waals surface area contributed by atoms with Gasteiger partial charge in [0.2, 0.25) is 0 Å². The molecular formula is C13H17BrN2O2. The number of likely N-dealkylation sites (tertiary alicyclic amines) is 1. The van der Waals surface area contributed by atoms with Crippen molar-refractivity contribution in [3.8, 4) is 0 Å². The molecule has 18 heavy (non-hydrogen) atoms. The molecule has 1 amide bonds. The van der Waals surface area contributed by atoms with E-state index < -0.39 is 5.60 Å². The lowest BCUT2D eigenvalue weighted by atomic mass is 9.82. The lowest BCUT2D eigenvalue weighted by Crippen LogP contribution is -2.66. The Balaban J connectivity index is 2.13. The molecule has 0 radical (unpaired) electrons. The number of nitrogen functional groups attached to an aromatic ring is 1. The predicted molar refractivity (Wildman–Crippen MR) is 74.2 cm³/mol. The average molecular weight is 313 g/mol.